The summed E-state index contributed by atoms with van der Waals surface area (Å²) in [5, 5.41) is 0. The summed E-state index contributed by atoms with van der Waals surface area (Å²) < 4.78 is 43.3. The van der Waals surface area contributed by atoms with Gasteiger partial charge >= 0.3 is 6.18 Å². The standard InChI is InChI=1S/C15H19F3N2O/c16-15(17,18)12-3-4-14(19-10-12)20-7-5-11(6-8-20)13-2-1-9-21-13/h3-4,10-11,13H,1-2,5-9H2. The van der Waals surface area contributed by atoms with Crippen molar-refractivity contribution >= 4 is 5.82 Å². The minimum Gasteiger partial charge on any atom is -0.378 e. The first-order valence-electron chi connectivity index (χ1n) is 7.44. The highest BCUT2D eigenvalue weighted by molar-refractivity contribution is 5.40. The number of anilines is 1. The molecule has 2 aliphatic heterocycles. The summed E-state index contributed by atoms with van der Waals surface area (Å²) in [6.45, 7) is 2.54. The number of aromatic nitrogens is 1. The smallest absolute Gasteiger partial charge is 0.378 e. The Morgan fingerprint density at radius 2 is 1.90 bits per heavy atom. The third-order valence-electron chi connectivity index (χ3n) is 4.43. The van der Waals surface area contributed by atoms with Crippen molar-refractivity contribution < 1.29 is 17.9 Å². The molecule has 1 unspecified atom stereocenters. The van der Waals surface area contributed by atoms with Crippen LogP contribution in [0.3, 0.4) is 0 Å². The highest BCUT2D eigenvalue weighted by Crippen LogP contribution is 2.32. The third kappa shape index (κ3) is 3.31. The molecule has 0 N–H and O–H groups in total. The predicted molar refractivity (Wildman–Crippen MR) is 73.2 cm³/mol. The van der Waals surface area contributed by atoms with Gasteiger partial charge < -0.3 is 9.64 Å². The predicted octanol–water partition coefficient (Wildman–Crippen LogP) is 3.50. The second kappa shape index (κ2) is 5.83. The minimum atomic E-state index is -4.32. The topological polar surface area (TPSA) is 25.4 Å². The Labute approximate surface area is 122 Å². The van der Waals surface area contributed by atoms with E-state index in [1.54, 1.807) is 0 Å². The van der Waals surface area contributed by atoms with Crippen molar-refractivity contribution in [3.63, 3.8) is 0 Å². The van der Waals surface area contributed by atoms with E-state index in [2.05, 4.69) is 9.88 Å². The molecule has 6 heteroatoms. The molecule has 2 fully saturated rings. The van der Waals surface area contributed by atoms with E-state index in [1.165, 1.54) is 6.07 Å². The average Bonchev–Trinajstić information content (AvgIpc) is 3.01. The first-order valence-corrected chi connectivity index (χ1v) is 7.44. The Morgan fingerprint density at radius 3 is 2.43 bits per heavy atom. The molecule has 1 aromatic rings. The number of ether oxygens (including phenoxy) is 1. The van der Waals surface area contributed by atoms with Gasteiger partial charge in [0.05, 0.1) is 11.7 Å². The number of piperidine rings is 1. The summed E-state index contributed by atoms with van der Waals surface area (Å²) in [6.07, 6.45) is 1.31. The molecule has 1 atom stereocenters. The lowest BCUT2D eigenvalue weighted by Crippen LogP contribution is -2.38. The SMILES string of the molecule is FC(F)(F)c1ccc(N2CCC(C3CCCO3)CC2)nc1. The van der Waals surface area contributed by atoms with Crippen LogP contribution in [0.2, 0.25) is 0 Å². The highest BCUT2D eigenvalue weighted by Gasteiger charge is 2.32. The van der Waals surface area contributed by atoms with Gasteiger partial charge in [-0.3, -0.25) is 0 Å². The Kier molecular flexibility index (Phi) is 4.06. The number of alkyl halides is 3. The summed E-state index contributed by atoms with van der Waals surface area (Å²) in [4.78, 5) is 6.03. The van der Waals surface area contributed by atoms with Gasteiger partial charge in [0.25, 0.3) is 0 Å². The lowest BCUT2D eigenvalue weighted by Gasteiger charge is -2.35. The molecule has 3 nitrogen and oxygen atoms in total. The molecule has 0 bridgehead atoms. The second-order valence-corrected chi connectivity index (χ2v) is 5.78. The molecule has 0 aliphatic carbocycles. The quantitative estimate of drug-likeness (QED) is 0.836. The van der Waals surface area contributed by atoms with Gasteiger partial charge in [0.2, 0.25) is 0 Å². The molecular weight excluding hydrogens is 281 g/mol. The van der Waals surface area contributed by atoms with E-state index >= 15 is 0 Å². The van der Waals surface area contributed by atoms with Gasteiger partial charge in [0.15, 0.2) is 0 Å². The van der Waals surface area contributed by atoms with Crippen molar-refractivity contribution in [2.24, 2.45) is 5.92 Å². The molecule has 3 rings (SSSR count). The maximum atomic E-state index is 12.5. The Hall–Kier alpha value is -1.30. The van der Waals surface area contributed by atoms with Crippen molar-refractivity contribution in [1.29, 1.82) is 0 Å². The van der Waals surface area contributed by atoms with Crippen LogP contribution in [-0.2, 0) is 10.9 Å². The normalized spacial score (nSPS) is 24.5. The number of rotatable bonds is 2. The van der Waals surface area contributed by atoms with Gasteiger partial charge in [-0.25, -0.2) is 4.98 Å². The molecule has 0 aromatic carbocycles. The Bertz CT molecular complexity index is 461. The first-order chi connectivity index (χ1) is 10.0. The molecule has 0 amide bonds. The van der Waals surface area contributed by atoms with Crippen LogP contribution in [0.5, 0.6) is 0 Å². The summed E-state index contributed by atoms with van der Waals surface area (Å²) in [7, 11) is 0. The lowest BCUT2D eigenvalue weighted by atomic mass is 9.90. The fraction of sp³-hybridized carbons (Fsp3) is 0.667. The molecule has 0 radical (unpaired) electrons. The third-order valence-corrected chi connectivity index (χ3v) is 4.43. The largest absolute Gasteiger partial charge is 0.417 e. The Balaban J connectivity index is 1.59. The van der Waals surface area contributed by atoms with Crippen LogP contribution in [0.25, 0.3) is 0 Å². The highest BCUT2D eigenvalue weighted by atomic mass is 19.4. The van der Waals surface area contributed by atoms with Crippen LogP contribution < -0.4 is 4.90 Å². The molecule has 3 heterocycles. The fourth-order valence-corrected chi connectivity index (χ4v) is 3.22. The zero-order valence-electron chi connectivity index (χ0n) is 11.8. The van der Waals surface area contributed by atoms with E-state index in [0.717, 1.165) is 57.6 Å². The second-order valence-electron chi connectivity index (χ2n) is 5.78. The summed E-state index contributed by atoms with van der Waals surface area (Å²) in [6, 6.07) is 2.57. The van der Waals surface area contributed by atoms with Crippen LogP contribution in [0, 0.1) is 5.92 Å². The summed E-state index contributed by atoms with van der Waals surface area (Å²) in [5.74, 6) is 1.21. The fourth-order valence-electron chi connectivity index (χ4n) is 3.22. The molecular formula is C15H19F3N2O. The molecule has 116 valence electrons. The van der Waals surface area contributed by atoms with Crippen LogP contribution in [0.15, 0.2) is 18.3 Å². The van der Waals surface area contributed by atoms with Crippen molar-refractivity contribution in [2.45, 2.75) is 38.0 Å². The maximum absolute atomic E-state index is 12.5. The monoisotopic (exact) mass is 300 g/mol. The van der Waals surface area contributed by atoms with Gasteiger partial charge in [0.1, 0.15) is 5.82 Å². The van der Waals surface area contributed by atoms with E-state index in [1.807, 2.05) is 0 Å². The van der Waals surface area contributed by atoms with Gasteiger partial charge in [0, 0.05) is 25.9 Å². The van der Waals surface area contributed by atoms with Crippen LogP contribution >= 0.6 is 0 Å². The minimum absolute atomic E-state index is 0.382. The number of nitrogens with zero attached hydrogens (tertiary/aromatic N) is 2. The lowest BCUT2D eigenvalue weighted by molar-refractivity contribution is -0.137. The number of hydrogen-bond donors (Lipinski definition) is 0. The van der Waals surface area contributed by atoms with Crippen molar-refractivity contribution in [3.8, 4) is 0 Å². The first kappa shape index (κ1) is 14.6. The molecule has 2 aliphatic rings. The molecule has 2 saturated heterocycles. The Morgan fingerprint density at radius 1 is 1.14 bits per heavy atom. The molecule has 21 heavy (non-hydrogen) atoms. The van der Waals surface area contributed by atoms with Crippen molar-refractivity contribution in [3.05, 3.63) is 23.9 Å². The van der Waals surface area contributed by atoms with Crippen LogP contribution in [-0.4, -0.2) is 30.8 Å². The number of hydrogen-bond acceptors (Lipinski definition) is 3. The number of halogens is 3. The summed E-state index contributed by atoms with van der Waals surface area (Å²) >= 11 is 0. The van der Waals surface area contributed by atoms with Gasteiger partial charge in [-0.2, -0.15) is 13.2 Å². The average molecular weight is 300 g/mol. The van der Waals surface area contributed by atoms with E-state index in [4.69, 9.17) is 4.74 Å². The molecule has 0 spiro atoms. The summed E-state index contributed by atoms with van der Waals surface area (Å²) in [5.41, 5.74) is -0.694. The van der Waals surface area contributed by atoms with Crippen molar-refractivity contribution in [2.75, 3.05) is 24.6 Å². The van der Waals surface area contributed by atoms with E-state index in [0.29, 0.717) is 17.8 Å². The van der Waals surface area contributed by atoms with Crippen LogP contribution in [0.4, 0.5) is 19.0 Å². The molecule has 1 aromatic heterocycles. The van der Waals surface area contributed by atoms with Gasteiger partial charge in [-0.15, -0.1) is 0 Å². The number of pyridine rings is 1. The van der Waals surface area contributed by atoms with E-state index < -0.39 is 11.7 Å². The van der Waals surface area contributed by atoms with Gasteiger partial charge in [-0.05, 0) is 43.7 Å². The zero-order chi connectivity index (χ0) is 14.9. The van der Waals surface area contributed by atoms with Gasteiger partial charge in [-0.1, -0.05) is 0 Å². The van der Waals surface area contributed by atoms with Crippen molar-refractivity contribution in [1.82, 2.24) is 4.98 Å². The maximum Gasteiger partial charge on any atom is 0.417 e. The van der Waals surface area contributed by atoms with E-state index in [-0.39, 0.29) is 0 Å². The van der Waals surface area contributed by atoms with Crippen LogP contribution in [0.1, 0.15) is 31.2 Å². The van der Waals surface area contributed by atoms with E-state index in [9.17, 15) is 13.2 Å². The zero-order valence-corrected chi connectivity index (χ0v) is 11.8. The molecule has 0 saturated carbocycles.